The van der Waals surface area contributed by atoms with Crippen LogP contribution in [0, 0.1) is 18.6 Å². The van der Waals surface area contributed by atoms with Gasteiger partial charge in [-0.05, 0) is 38.0 Å². The van der Waals surface area contributed by atoms with Crippen LogP contribution < -0.4 is 5.73 Å². The Balaban J connectivity index is 3.05. The van der Waals surface area contributed by atoms with Gasteiger partial charge in [0.15, 0.2) is 0 Å². The first kappa shape index (κ1) is 12.1. The normalized spacial score (nSPS) is 15.1. The highest BCUT2D eigenvalue weighted by Crippen LogP contribution is 2.19. The maximum atomic E-state index is 13.4. The Morgan fingerprint density at radius 2 is 1.80 bits per heavy atom. The van der Waals surface area contributed by atoms with Crippen LogP contribution in [0.5, 0.6) is 0 Å². The van der Waals surface area contributed by atoms with Crippen molar-refractivity contribution in [2.24, 2.45) is 5.73 Å². The van der Waals surface area contributed by atoms with Gasteiger partial charge < -0.3 is 10.8 Å². The molecule has 4 heteroatoms. The molecule has 0 amide bonds. The lowest BCUT2D eigenvalue weighted by Crippen LogP contribution is -2.42. The van der Waals surface area contributed by atoms with Crippen molar-refractivity contribution < 1.29 is 13.9 Å². The summed E-state index contributed by atoms with van der Waals surface area (Å²) in [7, 11) is 0. The summed E-state index contributed by atoms with van der Waals surface area (Å²) in [5, 5.41) is 8.92. The summed E-state index contributed by atoms with van der Waals surface area (Å²) in [6.45, 7) is 2.84. The topological polar surface area (TPSA) is 46.2 Å². The van der Waals surface area contributed by atoms with Gasteiger partial charge in [0.2, 0.25) is 0 Å². The molecule has 1 rings (SSSR count). The van der Waals surface area contributed by atoms with Gasteiger partial charge in [0, 0.05) is 11.1 Å². The number of benzene rings is 1. The lowest BCUT2D eigenvalue weighted by Gasteiger charge is -2.22. The van der Waals surface area contributed by atoms with Crippen molar-refractivity contribution in [3.05, 3.63) is 34.9 Å². The molecule has 0 spiro atoms. The predicted octanol–water partition coefficient (Wildman–Crippen LogP) is 1.53. The van der Waals surface area contributed by atoms with Gasteiger partial charge in [-0.1, -0.05) is 0 Å². The Bertz CT molecular complexity index is 341. The number of aliphatic hydroxyl groups excluding tert-OH is 1. The second-order valence-electron chi connectivity index (χ2n) is 4.20. The minimum Gasteiger partial charge on any atom is -0.394 e. The first-order chi connectivity index (χ1) is 6.85. The van der Waals surface area contributed by atoms with Crippen LogP contribution in [0.25, 0.3) is 0 Å². The van der Waals surface area contributed by atoms with Crippen molar-refractivity contribution >= 4 is 0 Å². The van der Waals surface area contributed by atoms with Gasteiger partial charge in [-0.25, -0.2) is 8.78 Å². The number of halogens is 2. The molecule has 3 N–H and O–H groups in total. The number of aliphatic hydroxyl groups is 1. The highest BCUT2D eigenvalue weighted by molar-refractivity contribution is 5.26. The summed E-state index contributed by atoms with van der Waals surface area (Å²) < 4.78 is 26.8. The van der Waals surface area contributed by atoms with E-state index in [1.54, 1.807) is 13.8 Å². The van der Waals surface area contributed by atoms with Crippen molar-refractivity contribution in [1.82, 2.24) is 0 Å². The van der Waals surface area contributed by atoms with Gasteiger partial charge in [-0.15, -0.1) is 0 Å². The molecule has 0 saturated carbocycles. The first-order valence-corrected chi connectivity index (χ1v) is 4.70. The second-order valence-corrected chi connectivity index (χ2v) is 4.20. The summed E-state index contributed by atoms with van der Waals surface area (Å²) in [5.74, 6) is -1.23. The molecule has 0 radical (unpaired) electrons. The molecule has 1 unspecified atom stereocenters. The zero-order chi connectivity index (χ0) is 11.6. The maximum absolute atomic E-state index is 13.4. The Kier molecular flexibility index (Phi) is 3.42. The zero-order valence-corrected chi connectivity index (χ0v) is 8.85. The van der Waals surface area contributed by atoms with Crippen molar-refractivity contribution in [3.63, 3.8) is 0 Å². The summed E-state index contributed by atoms with van der Waals surface area (Å²) in [6.07, 6.45) is -0.0263. The smallest absolute Gasteiger partial charge is 0.129 e. The molecule has 0 fully saturated rings. The van der Waals surface area contributed by atoms with Crippen LogP contribution in [-0.4, -0.2) is 17.3 Å². The van der Waals surface area contributed by atoms with E-state index in [1.165, 1.54) is 12.1 Å². The van der Waals surface area contributed by atoms with Gasteiger partial charge in [0.1, 0.15) is 11.6 Å². The van der Waals surface area contributed by atoms with Crippen molar-refractivity contribution in [3.8, 4) is 0 Å². The molecule has 0 aliphatic carbocycles. The molecule has 1 atom stereocenters. The average Bonchev–Trinajstić information content (AvgIpc) is 2.11. The van der Waals surface area contributed by atoms with Gasteiger partial charge in [-0.2, -0.15) is 0 Å². The third-order valence-corrected chi connectivity index (χ3v) is 2.23. The first-order valence-electron chi connectivity index (χ1n) is 4.70. The van der Waals surface area contributed by atoms with E-state index in [-0.39, 0.29) is 18.6 Å². The Morgan fingerprint density at radius 3 is 2.20 bits per heavy atom. The number of aryl methyl sites for hydroxylation is 1. The lowest BCUT2D eigenvalue weighted by atomic mass is 9.93. The Labute approximate surface area is 87.7 Å². The summed E-state index contributed by atoms with van der Waals surface area (Å²) in [4.78, 5) is 0. The molecule has 0 aromatic heterocycles. The molecule has 0 aliphatic rings. The van der Waals surface area contributed by atoms with E-state index in [9.17, 15) is 8.78 Å². The van der Waals surface area contributed by atoms with Gasteiger partial charge >= 0.3 is 0 Å². The minimum atomic E-state index is -1.00. The van der Waals surface area contributed by atoms with Crippen molar-refractivity contribution in [2.45, 2.75) is 25.8 Å². The molecule has 15 heavy (non-hydrogen) atoms. The molecule has 0 saturated heterocycles. The van der Waals surface area contributed by atoms with Gasteiger partial charge in [0.25, 0.3) is 0 Å². The highest BCUT2D eigenvalue weighted by Gasteiger charge is 2.22. The molecule has 0 bridgehead atoms. The van der Waals surface area contributed by atoms with E-state index in [2.05, 4.69) is 0 Å². The van der Waals surface area contributed by atoms with Gasteiger partial charge in [0.05, 0.1) is 6.61 Å². The van der Waals surface area contributed by atoms with E-state index in [0.717, 1.165) is 0 Å². The monoisotopic (exact) mass is 215 g/mol. The van der Waals surface area contributed by atoms with Crippen LogP contribution >= 0.6 is 0 Å². The number of nitrogens with two attached hydrogens (primary N) is 1. The Morgan fingerprint density at radius 1 is 1.33 bits per heavy atom. The third kappa shape index (κ3) is 2.97. The number of hydrogen-bond acceptors (Lipinski definition) is 2. The maximum Gasteiger partial charge on any atom is 0.129 e. The van der Waals surface area contributed by atoms with Gasteiger partial charge in [-0.3, -0.25) is 0 Å². The standard InChI is InChI=1S/C11H15F2NO/c1-7-3-9(12)8(10(13)4-7)5-11(2,14)6-15/h3-4,15H,5-6,14H2,1-2H3. The van der Waals surface area contributed by atoms with E-state index < -0.39 is 17.2 Å². The molecule has 1 aromatic carbocycles. The third-order valence-electron chi connectivity index (χ3n) is 2.23. The van der Waals surface area contributed by atoms with Crippen LogP contribution in [0.4, 0.5) is 8.78 Å². The van der Waals surface area contributed by atoms with Crippen LogP contribution in [0.2, 0.25) is 0 Å². The molecule has 84 valence electrons. The molecule has 2 nitrogen and oxygen atoms in total. The molecule has 0 heterocycles. The molecule has 1 aromatic rings. The average molecular weight is 215 g/mol. The molecular formula is C11H15F2NO. The minimum absolute atomic E-state index is 0.0263. The largest absolute Gasteiger partial charge is 0.394 e. The van der Waals surface area contributed by atoms with E-state index >= 15 is 0 Å². The summed E-state index contributed by atoms with van der Waals surface area (Å²) >= 11 is 0. The van der Waals surface area contributed by atoms with Crippen LogP contribution in [-0.2, 0) is 6.42 Å². The molecule has 0 aliphatic heterocycles. The van der Waals surface area contributed by atoms with E-state index in [1.807, 2.05) is 0 Å². The highest BCUT2D eigenvalue weighted by atomic mass is 19.1. The lowest BCUT2D eigenvalue weighted by molar-refractivity contribution is 0.206. The quantitative estimate of drug-likeness (QED) is 0.803. The van der Waals surface area contributed by atoms with E-state index in [4.69, 9.17) is 10.8 Å². The second kappa shape index (κ2) is 4.24. The number of rotatable bonds is 3. The van der Waals surface area contributed by atoms with Crippen LogP contribution in [0.1, 0.15) is 18.1 Å². The van der Waals surface area contributed by atoms with Crippen LogP contribution in [0.3, 0.4) is 0 Å². The fraction of sp³-hybridized carbons (Fsp3) is 0.455. The Hall–Kier alpha value is -1.00. The van der Waals surface area contributed by atoms with Crippen molar-refractivity contribution in [2.75, 3.05) is 6.61 Å². The fourth-order valence-electron chi connectivity index (χ4n) is 1.36. The summed E-state index contributed by atoms with van der Waals surface area (Å²) in [6, 6.07) is 2.51. The zero-order valence-electron chi connectivity index (χ0n) is 8.85. The predicted molar refractivity (Wildman–Crippen MR) is 54.5 cm³/mol. The number of hydrogen-bond donors (Lipinski definition) is 2. The molecular weight excluding hydrogens is 200 g/mol. The fourth-order valence-corrected chi connectivity index (χ4v) is 1.36. The summed E-state index contributed by atoms with van der Waals surface area (Å²) in [5.41, 5.74) is 5.09. The SMILES string of the molecule is Cc1cc(F)c(CC(C)(N)CO)c(F)c1. The van der Waals surface area contributed by atoms with Crippen molar-refractivity contribution in [1.29, 1.82) is 0 Å². The van der Waals surface area contributed by atoms with E-state index in [0.29, 0.717) is 5.56 Å². The van der Waals surface area contributed by atoms with Crippen LogP contribution in [0.15, 0.2) is 12.1 Å².